The Balaban J connectivity index is 1.56. The highest BCUT2D eigenvalue weighted by Crippen LogP contribution is 2.21. The van der Waals surface area contributed by atoms with Crippen LogP contribution in [-0.2, 0) is 26.6 Å². The highest BCUT2D eigenvalue weighted by molar-refractivity contribution is 7.09. The zero-order valence-electron chi connectivity index (χ0n) is 13.9. The van der Waals surface area contributed by atoms with Gasteiger partial charge in [0.05, 0.1) is 5.69 Å². The van der Waals surface area contributed by atoms with E-state index >= 15 is 0 Å². The number of aromatic nitrogens is 2. The molecular weight excluding hydrogens is 328 g/mol. The molecule has 1 unspecified atom stereocenters. The van der Waals surface area contributed by atoms with Crippen LogP contribution in [0.15, 0.2) is 17.5 Å². The highest BCUT2D eigenvalue weighted by atomic mass is 35.5. The predicted molar refractivity (Wildman–Crippen MR) is 97.1 cm³/mol. The summed E-state index contributed by atoms with van der Waals surface area (Å²) in [6.07, 6.45) is 3.41. The molecule has 1 saturated heterocycles. The summed E-state index contributed by atoms with van der Waals surface area (Å²) in [5.41, 5.74) is 2.27. The van der Waals surface area contributed by atoms with Gasteiger partial charge in [-0.1, -0.05) is 24.6 Å². The van der Waals surface area contributed by atoms with Crippen LogP contribution in [0.3, 0.4) is 0 Å². The summed E-state index contributed by atoms with van der Waals surface area (Å²) in [6.45, 7) is 6.32. The SMILES string of the molecule is CCc1nn(C)c(Cl)c1CNC1CCCN(Cc2cccs2)C1. The van der Waals surface area contributed by atoms with Crippen molar-refractivity contribution in [3.05, 3.63) is 38.8 Å². The maximum atomic E-state index is 6.39. The lowest BCUT2D eigenvalue weighted by atomic mass is 10.0. The summed E-state index contributed by atoms with van der Waals surface area (Å²) in [6, 6.07) is 4.89. The first-order valence-corrected chi connectivity index (χ1v) is 9.61. The number of piperidine rings is 1. The normalized spacial score (nSPS) is 19.3. The molecule has 6 heteroatoms. The van der Waals surface area contributed by atoms with Crippen molar-refractivity contribution < 1.29 is 0 Å². The van der Waals surface area contributed by atoms with Gasteiger partial charge < -0.3 is 5.32 Å². The standard InChI is InChI=1S/C17H25ClN4S/c1-3-16-15(17(18)21(2)20-16)10-19-13-6-4-8-22(11-13)12-14-7-5-9-23-14/h5,7,9,13,19H,3-4,6,8,10-12H2,1-2H3. The first-order valence-electron chi connectivity index (χ1n) is 8.35. The summed E-state index contributed by atoms with van der Waals surface area (Å²) in [7, 11) is 1.91. The molecule has 1 atom stereocenters. The van der Waals surface area contributed by atoms with Crippen molar-refractivity contribution in [2.75, 3.05) is 13.1 Å². The Morgan fingerprint density at radius 1 is 1.48 bits per heavy atom. The Bertz CT molecular complexity index is 623. The van der Waals surface area contributed by atoms with Crippen LogP contribution in [0, 0.1) is 0 Å². The number of nitrogens with zero attached hydrogens (tertiary/aromatic N) is 3. The highest BCUT2D eigenvalue weighted by Gasteiger charge is 2.21. The van der Waals surface area contributed by atoms with Crippen LogP contribution in [0.2, 0.25) is 5.15 Å². The first kappa shape index (κ1) is 17.0. The molecule has 1 aliphatic heterocycles. The van der Waals surface area contributed by atoms with Crippen molar-refractivity contribution >= 4 is 22.9 Å². The third-order valence-corrected chi connectivity index (χ3v) is 5.85. The van der Waals surface area contributed by atoms with E-state index in [0.29, 0.717) is 6.04 Å². The number of aryl methyl sites for hydroxylation is 2. The van der Waals surface area contributed by atoms with E-state index in [9.17, 15) is 0 Å². The number of thiophene rings is 1. The number of nitrogens with one attached hydrogen (secondary N) is 1. The van der Waals surface area contributed by atoms with Crippen LogP contribution in [-0.4, -0.2) is 33.8 Å². The lowest BCUT2D eigenvalue weighted by Gasteiger charge is -2.33. The van der Waals surface area contributed by atoms with Gasteiger partial charge in [-0.2, -0.15) is 5.10 Å². The third kappa shape index (κ3) is 4.15. The summed E-state index contributed by atoms with van der Waals surface area (Å²) in [4.78, 5) is 4.01. The number of rotatable bonds is 6. The van der Waals surface area contributed by atoms with E-state index in [-0.39, 0.29) is 0 Å². The monoisotopic (exact) mass is 352 g/mol. The van der Waals surface area contributed by atoms with E-state index in [0.717, 1.165) is 42.5 Å². The van der Waals surface area contributed by atoms with Gasteiger partial charge >= 0.3 is 0 Å². The quantitative estimate of drug-likeness (QED) is 0.864. The van der Waals surface area contributed by atoms with Gasteiger partial charge in [0.25, 0.3) is 0 Å². The molecule has 0 bridgehead atoms. The molecule has 3 rings (SSSR count). The summed E-state index contributed by atoms with van der Waals surface area (Å²) in [5, 5.41) is 11.1. The van der Waals surface area contributed by atoms with E-state index in [2.05, 4.69) is 39.8 Å². The fraction of sp³-hybridized carbons (Fsp3) is 0.588. The largest absolute Gasteiger partial charge is 0.308 e. The molecule has 1 aliphatic rings. The Morgan fingerprint density at radius 3 is 3.09 bits per heavy atom. The molecule has 0 aromatic carbocycles. The predicted octanol–water partition coefficient (Wildman–Crippen LogP) is 3.45. The van der Waals surface area contributed by atoms with Gasteiger partial charge in [0.15, 0.2) is 0 Å². The van der Waals surface area contributed by atoms with Gasteiger partial charge in [-0.25, -0.2) is 0 Å². The van der Waals surface area contributed by atoms with Gasteiger partial charge in [0, 0.05) is 43.2 Å². The molecule has 2 aromatic heterocycles. The Morgan fingerprint density at radius 2 is 2.35 bits per heavy atom. The van der Waals surface area contributed by atoms with E-state index in [1.165, 1.54) is 24.3 Å². The first-order chi connectivity index (χ1) is 11.2. The van der Waals surface area contributed by atoms with Crippen LogP contribution < -0.4 is 5.32 Å². The van der Waals surface area contributed by atoms with Crippen LogP contribution in [0.5, 0.6) is 0 Å². The summed E-state index contributed by atoms with van der Waals surface area (Å²) < 4.78 is 1.78. The minimum atomic E-state index is 0.532. The van der Waals surface area contributed by atoms with Gasteiger partial charge in [-0.3, -0.25) is 9.58 Å². The van der Waals surface area contributed by atoms with Crippen LogP contribution in [0.1, 0.15) is 35.9 Å². The Hall–Kier alpha value is -0.880. The second-order valence-corrected chi connectivity index (χ2v) is 7.62. The molecule has 0 saturated carbocycles. The fourth-order valence-electron chi connectivity index (χ4n) is 3.29. The van der Waals surface area contributed by atoms with Gasteiger partial charge in [0.2, 0.25) is 0 Å². The third-order valence-electron chi connectivity index (χ3n) is 4.52. The van der Waals surface area contributed by atoms with Crippen LogP contribution in [0.25, 0.3) is 0 Å². The molecule has 4 nitrogen and oxygen atoms in total. The average Bonchev–Trinajstić information content (AvgIpc) is 3.15. The smallest absolute Gasteiger partial charge is 0.131 e. The van der Waals surface area contributed by atoms with Gasteiger partial charge in [0.1, 0.15) is 5.15 Å². The van der Waals surface area contributed by atoms with Gasteiger partial charge in [-0.05, 0) is 37.3 Å². The molecule has 0 amide bonds. The van der Waals surface area contributed by atoms with E-state index in [1.807, 2.05) is 18.4 Å². The maximum absolute atomic E-state index is 6.39. The molecule has 1 fully saturated rings. The van der Waals surface area contributed by atoms with Crippen molar-refractivity contribution in [1.29, 1.82) is 0 Å². The number of hydrogen-bond acceptors (Lipinski definition) is 4. The average molecular weight is 353 g/mol. The fourth-order valence-corrected chi connectivity index (χ4v) is 4.25. The van der Waals surface area contributed by atoms with E-state index in [4.69, 9.17) is 11.6 Å². The molecular formula is C17H25ClN4S. The van der Waals surface area contributed by atoms with Gasteiger partial charge in [-0.15, -0.1) is 11.3 Å². The molecule has 1 N–H and O–H groups in total. The van der Waals surface area contributed by atoms with Crippen molar-refractivity contribution in [1.82, 2.24) is 20.0 Å². The zero-order valence-corrected chi connectivity index (χ0v) is 15.5. The molecule has 23 heavy (non-hydrogen) atoms. The second kappa shape index (κ2) is 7.79. The molecule has 3 heterocycles. The zero-order chi connectivity index (χ0) is 16.2. The van der Waals surface area contributed by atoms with Crippen molar-refractivity contribution in [2.24, 2.45) is 7.05 Å². The minimum absolute atomic E-state index is 0.532. The van der Waals surface area contributed by atoms with Crippen LogP contribution >= 0.6 is 22.9 Å². The number of halogens is 1. The molecule has 126 valence electrons. The van der Waals surface area contributed by atoms with Crippen molar-refractivity contribution in [3.8, 4) is 0 Å². The minimum Gasteiger partial charge on any atom is -0.308 e. The van der Waals surface area contributed by atoms with Crippen molar-refractivity contribution in [2.45, 2.75) is 45.3 Å². The van der Waals surface area contributed by atoms with Crippen molar-refractivity contribution in [3.63, 3.8) is 0 Å². The maximum Gasteiger partial charge on any atom is 0.131 e. The molecule has 0 radical (unpaired) electrons. The van der Waals surface area contributed by atoms with Crippen LogP contribution in [0.4, 0.5) is 0 Å². The summed E-state index contributed by atoms with van der Waals surface area (Å²) >= 11 is 8.23. The second-order valence-electron chi connectivity index (χ2n) is 6.23. The topological polar surface area (TPSA) is 33.1 Å². The lowest BCUT2D eigenvalue weighted by Crippen LogP contribution is -2.45. The molecule has 2 aromatic rings. The number of likely N-dealkylation sites (tertiary alicyclic amines) is 1. The number of hydrogen-bond donors (Lipinski definition) is 1. The Kier molecular flexibility index (Phi) is 5.75. The van der Waals surface area contributed by atoms with E-state index in [1.54, 1.807) is 4.68 Å². The Labute approximate surface area is 147 Å². The summed E-state index contributed by atoms with van der Waals surface area (Å²) in [5.74, 6) is 0. The van der Waals surface area contributed by atoms with E-state index < -0.39 is 0 Å². The molecule has 0 aliphatic carbocycles. The lowest BCUT2D eigenvalue weighted by molar-refractivity contribution is 0.184. The molecule has 0 spiro atoms.